The van der Waals surface area contributed by atoms with Gasteiger partial charge in [0.15, 0.2) is 0 Å². The number of amides is 2. The van der Waals surface area contributed by atoms with E-state index in [4.69, 9.17) is 0 Å². The molecule has 8 heteroatoms. The van der Waals surface area contributed by atoms with Crippen LogP contribution in [0.2, 0.25) is 0 Å². The van der Waals surface area contributed by atoms with Gasteiger partial charge < -0.3 is 10.2 Å². The molecule has 7 nitrogen and oxygen atoms in total. The number of sulfonamides is 1. The van der Waals surface area contributed by atoms with Crippen LogP contribution in [0.3, 0.4) is 0 Å². The fourth-order valence-electron chi connectivity index (χ4n) is 2.78. The molecule has 0 aromatic heterocycles. The number of nitrogens with zero attached hydrogens (tertiary/aromatic N) is 1. The van der Waals surface area contributed by atoms with Gasteiger partial charge in [-0.05, 0) is 44.0 Å². The van der Waals surface area contributed by atoms with Crippen molar-refractivity contribution in [1.82, 2.24) is 9.62 Å². The van der Waals surface area contributed by atoms with Crippen LogP contribution in [0.15, 0.2) is 47.4 Å². The summed E-state index contributed by atoms with van der Waals surface area (Å²) >= 11 is 0. The highest BCUT2D eigenvalue weighted by Crippen LogP contribution is 2.19. The van der Waals surface area contributed by atoms with Crippen LogP contribution in [-0.4, -0.2) is 45.3 Å². The maximum absolute atomic E-state index is 12.3. The van der Waals surface area contributed by atoms with E-state index in [2.05, 4.69) is 10.0 Å². The predicted molar refractivity (Wildman–Crippen MR) is 113 cm³/mol. The zero-order valence-electron chi connectivity index (χ0n) is 17.2. The zero-order chi connectivity index (χ0) is 21.6. The molecule has 0 heterocycles. The zero-order valence-corrected chi connectivity index (χ0v) is 18.0. The Balaban J connectivity index is 1.84. The lowest BCUT2D eigenvalue weighted by Gasteiger charge is -2.18. The highest BCUT2D eigenvalue weighted by atomic mass is 32.2. The molecule has 29 heavy (non-hydrogen) atoms. The van der Waals surface area contributed by atoms with E-state index in [1.165, 1.54) is 24.1 Å². The summed E-state index contributed by atoms with van der Waals surface area (Å²) in [6.45, 7) is 5.51. The summed E-state index contributed by atoms with van der Waals surface area (Å²) in [7, 11) is -2.16. The number of rotatable bonds is 8. The van der Waals surface area contributed by atoms with Crippen LogP contribution in [-0.2, 0) is 19.6 Å². The van der Waals surface area contributed by atoms with Crippen molar-refractivity contribution in [3.8, 4) is 0 Å². The number of hydrogen-bond donors (Lipinski definition) is 2. The fraction of sp³-hybridized carbons (Fsp3) is 0.333. The third-order valence-corrected chi connectivity index (χ3v) is 5.99. The first-order valence-corrected chi connectivity index (χ1v) is 10.7. The molecule has 0 radical (unpaired) electrons. The minimum Gasteiger partial charge on any atom is -0.336 e. The Hall–Kier alpha value is -2.71. The number of benzene rings is 2. The molecule has 0 aliphatic rings. The molecule has 156 valence electrons. The highest BCUT2D eigenvalue weighted by molar-refractivity contribution is 7.89. The van der Waals surface area contributed by atoms with Gasteiger partial charge in [-0.2, -0.15) is 0 Å². The number of carbonyl (C=O) groups excluding carboxylic acids is 2. The second-order valence-corrected chi connectivity index (χ2v) is 8.79. The second-order valence-electron chi connectivity index (χ2n) is 7.03. The molecule has 0 fully saturated rings. The summed E-state index contributed by atoms with van der Waals surface area (Å²) in [5.74, 6) is -0.633. The number of carbonyl (C=O) groups is 2. The summed E-state index contributed by atoms with van der Waals surface area (Å²) in [6, 6.07) is 12.2. The van der Waals surface area contributed by atoms with Crippen molar-refractivity contribution in [2.45, 2.75) is 32.1 Å². The molecular formula is C21H27N3O4S. The van der Waals surface area contributed by atoms with Crippen molar-refractivity contribution in [1.29, 1.82) is 0 Å². The lowest BCUT2D eigenvalue weighted by atomic mass is 10.1. The number of aryl methyl sites for hydroxylation is 3. The van der Waals surface area contributed by atoms with Crippen LogP contribution in [0.4, 0.5) is 5.69 Å². The average molecular weight is 418 g/mol. The second kappa shape index (κ2) is 9.67. The molecule has 0 spiro atoms. The van der Waals surface area contributed by atoms with Crippen molar-refractivity contribution in [2.75, 3.05) is 25.5 Å². The normalized spacial score (nSPS) is 11.2. The predicted octanol–water partition coefficient (Wildman–Crippen LogP) is 2.38. The van der Waals surface area contributed by atoms with Crippen LogP contribution in [0.25, 0.3) is 0 Å². The number of hydrogen-bond acceptors (Lipinski definition) is 4. The van der Waals surface area contributed by atoms with Gasteiger partial charge in [0, 0.05) is 25.7 Å². The van der Waals surface area contributed by atoms with Gasteiger partial charge >= 0.3 is 0 Å². The molecule has 2 N–H and O–H groups in total. The smallest absolute Gasteiger partial charge is 0.243 e. The van der Waals surface area contributed by atoms with E-state index < -0.39 is 10.0 Å². The minimum atomic E-state index is -3.67. The van der Waals surface area contributed by atoms with Crippen LogP contribution < -0.4 is 10.0 Å². The monoisotopic (exact) mass is 417 g/mol. The van der Waals surface area contributed by atoms with Crippen LogP contribution in [0.1, 0.15) is 23.1 Å². The minimum absolute atomic E-state index is 0.0434. The van der Waals surface area contributed by atoms with Gasteiger partial charge in [-0.3, -0.25) is 9.59 Å². The molecule has 0 saturated carbocycles. The Labute approximate surface area is 172 Å². The SMILES string of the molecule is Cc1ccc(S(=O)(=O)NCCC(=O)N(C)CC(=O)Nc2c(C)cccc2C)cc1. The van der Waals surface area contributed by atoms with E-state index in [-0.39, 0.29) is 36.2 Å². The Morgan fingerprint density at radius 2 is 1.55 bits per heavy atom. The molecule has 0 bridgehead atoms. The van der Waals surface area contributed by atoms with E-state index in [9.17, 15) is 18.0 Å². The van der Waals surface area contributed by atoms with E-state index in [0.29, 0.717) is 0 Å². The first-order chi connectivity index (χ1) is 13.6. The van der Waals surface area contributed by atoms with Crippen molar-refractivity contribution >= 4 is 27.5 Å². The summed E-state index contributed by atoms with van der Waals surface area (Å²) < 4.78 is 26.9. The first-order valence-electron chi connectivity index (χ1n) is 9.26. The summed E-state index contributed by atoms with van der Waals surface area (Å²) in [4.78, 5) is 25.9. The number of likely N-dealkylation sites (N-methyl/N-ethyl adjacent to an activating group) is 1. The van der Waals surface area contributed by atoms with E-state index in [1.54, 1.807) is 12.1 Å². The molecule has 0 aliphatic heterocycles. The number of para-hydroxylation sites is 1. The molecular weight excluding hydrogens is 390 g/mol. The van der Waals surface area contributed by atoms with Gasteiger partial charge in [-0.15, -0.1) is 0 Å². The third kappa shape index (κ3) is 6.40. The summed E-state index contributed by atoms with van der Waals surface area (Å²) in [5, 5.41) is 2.83. The van der Waals surface area contributed by atoms with E-state index in [1.807, 2.05) is 39.0 Å². The van der Waals surface area contributed by atoms with E-state index >= 15 is 0 Å². The van der Waals surface area contributed by atoms with Gasteiger partial charge in [0.25, 0.3) is 0 Å². The molecule has 2 rings (SSSR count). The summed E-state index contributed by atoms with van der Waals surface area (Å²) in [5.41, 5.74) is 3.58. The van der Waals surface area contributed by atoms with Crippen LogP contribution in [0.5, 0.6) is 0 Å². The quantitative estimate of drug-likeness (QED) is 0.689. The van der Waals surface area contributed by atoms with Gasteiger partial charge in [-0.25, -0.2) is 13.1 Å². The van der Waals surface area contributed by atoms with Gasteiger partial charge in [0.1, 0.15) is 0 Å². The maximum Gasteiger partial charge on any atom is 0.243 e. The number of anilines is 1. The summed E-state index contributed by atoms with van der Waals surface area (Å²) in [6.07, 6.45) is -0.0434. The molecule has 2 aromatic rings. The average Bonchev–Trinajstić information content (AvgIpc) is 2.65. The lowest BCUT2D eigenvalue weighted by Crippen LogP contribution is -2.37. The Morgan fingerprint density at radius 3 is 2.14 bits per heavy atom. The van der Waals surface area contributed by atoms with Gasteiger partial charge in [-0.1, -0.05) is 35.9 Å². The van der Waals surface area contributed by atoms with Crippen molar-refractivity contribution in [3.63, 3.8) is 0 Å². The Morgan fingerprint density at radius 1 is 0.966 bits per heavy atom. The molecule has 0 atom stereocenters. The molecule has 2 aromatic carbocycles. The Kier molecular flexibility index (Phi) is 7.53. The third-order valence-electron chi connectivity index (χ3n) is 4.51. The molecule has 0 saturated heterocycles. The highest BCUT2D eigenvalue weighted by Gasteiger charge is 2.17. The van der Waals surface area contributed by atoms with Crippen LogP contribution >= 0.6 is 0 Å². The standard InChI is InChI=1S/C21H27N3O4S/c1-15-8-10-18(11-9-15)29(27,28)22-13-12-20(26)24(4)14-19(25)23-21-16(2)6-5-7-17(21)3/h5-11,22H,12-14H2,1-4H3,(H,23,25). The molecule has 0 aliphatic carbocycles. The van der Waals surface area contributed by atoms with Crippen LogP contribution in [0, 0.1) is 20.8 Å². The van der Waals surface area contributed by atoms with E-state index in [0.717, 1.165) is 22.4 Å². The first kappa shape index (κ1) is 22.6. The molecule has 0 unspecified atom stereocenters. The van der Waals surface area contributed by atoms with Gasteiger partial charge in [0.2, 0.25) is 21.8 Å². The Bertz CT molecular complexity index is 965. The largest absolute Gasteiger partial charge is 0.336 e. The van der Waals surface area contributed by atoms with Gasteiger partial charge in [0.05, 0.1) is 11.4 Å². The maximum atomic E-state index is 12.3. The lowest BCUT2D eigenvalue weighted by molar-refractivity contribution is -0.133. The van der Waals surface area contributed by atoms with Crippen molar-refractivity contribution in [2.24, 2.45) is 0 Å². The van der Waals surface area contributed by atoms with Crippen molar-refractivity contribution < 1.29 is 18.0 Å². The van der Waals surface area contributed by atoms with Crippen molar-refractivity contribution in [3.05, 3.63) is 59.2 Å². The molecule has 2 amide bonds. The fourth-order valence-corrected chi connectivity index (χ4v) is 3.81. The number of nitrogens with one attached hydrogen (secondary N) is 2. The topological polar surface area (TPSA) is 95.6 Å².